The van der Waals surface area contributed by atoms with Crippen LogP contribution in [0.15, 0.2) is 18.2 Å². The molecule has 6 nitrogen and oxygen atoms in total. The van der Waals surface area contributed by atoms with E-state index in [1.165, 1.54) is 23.5 Å². The normalized spacial score (nSPS) is 20.1. The molecule has 148 valence electrons. The van der Waals surface area contributed by atoms with E-state index in [0.717, 1.165) is 0 Å². The van der Waals surface area contributed by atoms with E-state index in [-0.39, 0.29) is 10.8 Å². The summed E-state index contributed by atoms with van der Waals surface area (Å²) in [6.45, 7) is -3.61. The van der Waals surface area contributed by atoms with Gasteiger partial charge < -0.3 is 10.6 Å². The van der Waals surface area contributed by atoms with Gasteiger partial charge in [0, 0.05) is 4.11 Å². The fourth-order valence-corrected chi connectivity index (χ4v) is 1.72. The molecular weight excluding hydrogens is 402 g/mol. The average Bonchev–Trinajstić information content (AvgIpc) is 2.58. The predicted octanol–water partition coefficient (Wildman–Crippen LogP) is 4.31. The van der Waals surface area contributed by atoms with Crippen molar-refractivity contribution < 1.29 is 33.2 Å². The van der Waals surface area contributed by atoms with Crippen LogP contribution in [0.3, 0.4) is 0 Å². The van der Waals surface area contributed by atoms with Crippen molar-refractivity contribution in [3.8, 4) is 11.5 Å². The molecule has 0 bridgehead atoms. The standard InChI is InChI=1S/C14H13ClF6N6/c1-6(13(16,17)18)22-11-25-10(8-4-3-5-9(15)24-8)26-12(27-11)23-7(2)14(19,20)21/h3-7H,1-2H3,(H2,22,23,25,26,27)/t6-,7-/m1/s1/i1D3,6D,7D. The Hall–Kier alpha value is -2.37. The van der Waals surface area contributed by atoms with Crippen LogP contribution in [-0.2, 0) is 0 Å². The van der Waals surface area contributed by atoms with Crippen LogP contribution in [0.4, 0.5) is 38.2 Å². The van der Waals surface area contributed by atoms with Gasteiger partial charge in [0.25, 0.3) is 0 Å². The monoisotopic (exact) mass is 419 g/mol. The van der Waals surface area contributed by atoms with Crippen LogP contribution in [0.5, 0.6) is 0 Å². The molecule has 0 saturated heterocycles. The highest BCUT2D eigenvalue weighted by Gasteiger charge is 2.38. The SMILES string of the molecule is [2H]C([2H])([2H])[C@@]([2H])(Nc1nc(N[C@]([2H])(C)C(F)(F)F)nc(-c2cccc(Cl)n2)n1)C(F)(F)F. The van der Waals surface area contributed by atoms with Gasteiger partial charge in [0.05, 0.1) is 2.74 Å². The molecule has 2 heterocycles. The number of rotatable bonds is 5. The van der Waals surface area contributed by atoms with Crippen LogP contribution in [0.2, 0.25) is 5.15 Å². The van der Waals surface area contributed by atoms with Crippen molar-refractivity contribution in [1.82, 2.24) is 19.9 Å². The van der Waals surface area contributed by atoms with Gasteiger partial charge >= 0.3 is 12.4 Å². The van der Waals surface area contributed by atoms with E-state index in [1.807, 2.05) is 0 Å². The van der Waals surface area contributed by atoms with E-state index in [0.29, 0.717) is 6.92 Å². The number of aromatic nitrogens is 4. The fraction of sp³-hybridized carbons (Fsp3) is 0.429. The predicted molar refractivity (Wildman–Crippen MR) is 86.3 cm³/mol. The minimum Gasteiger partial charge on any atom is -0.343 e. The summed E-state index contributed by atoms with van der Waals surface area (Å²) < 4.78 is 115. The summed E-state index contributed by atoms with van der Waals surface area (Å²) in [4.78, 5) is 14.2. The second-order valence-electron chi connectivity index (χ2n) is 4.90. The summed E-state index contributed by atoms with van der Waals surface area (Å²) in [6.07, 6.45) is -10.8. The zero-order valence-corrected chi connectivity index (χ0v) is 13.9. The number of hydrogen-bond acceptors (Lipinski definition) is 6. The van der Waals surface area contributed by atoms with E-state index in [9.17, 15) is 26.3 Å². The summed E-state index contributed by atoms with van der Waals surface area (Å²) in [5.41, 5.74) is -0.221. The third-order valence-electron chi connectivity index (χ3n) is 2.82. The Kier molecular flexibility index (Phi) is 4.18. The number of nitrogens with one attached hydrogen (secondary N) is 2. The molecule has 2 rings (SSSR count). The minimum atomic E-state index is -5.68. The smallest absolute Gasteiger partial charge is 0.343 e. The van der Waals surface area contributed by atoms with Crippen molar-refractivity contribution in [2.45, 2.75) is 38.2 Å². The van der Waals surface area contributed by atoms with Gasteiger partial charge in [-0.25, -0.2) is 4.98 Å². The molecule has 0 aliphatic rings. The Morgan fingerprint density at radius 1 is 0.963 bits per heavy atom. The van der Waals surface area contributed by atoms with Gasteiger partial charge in [0.1, 0.15) is 22.9 Å². The molecule has 0 aliphatic heterocycles. The minimum absolute atomic E-state index is 0.125. The quantitative estimate of drug-likeness (QED) is 0.555. The van der Waals surface area contributed by atoms with Crippen molar-refractivity contribution >= 4 is 23.5 Å². The van der Waals surface area contributed by atoms with Gasteiger partial charge in [-0.1, -0.05) is 17.7 Å². The molecule has 0 fully saturated rings. The Morgan fingerprint density at radius 2 is 1.52 bits per heavy atom. The molecule has 0 aliphatic carbocycles. The first-order valence-electron chi connectivity index (χ1n) is 9.36. The lowest BCUT2D eigenvalue weighted by atomic mass is 10.3. The molecule has 27 heavy (non-hydrogen) atoms. The van der Waals surface area contributed by atoms with Crippen molar-refractivity contribution in [2.24, 2.45) is 0 Å². The van der Waals surface area contributed by atoms with Gasteiger partial charge in [-0.3, -0.25) is 0 Å². The Bertz CT molecular complexity index is 970. The van der Waals surface area contributed by atoms with Crippen molar-refractivity contribution in [2.75, 3.05) is 10.6 Å². The molecule has 2 N–H and O–H groups in total. The van der Waals surface area contributed by atoms with Crippen molar-refractivity contribution in [3.63, 3.8) is 0 Å². The molecule has 0 spiro atoms. The van der Waals surface area contributed by atoms with Crippen LogP contribution in [0.1, 0.15) is 20.6 Å². The lowest BCUT2D eigenvalue weighted by molar-refractivity contribution is -0.139. The molecule has 0 aromatic carbocycles. The molecule has 2 aromatic heterocycles. The van der Waals surface area contributed by atoms with Gasteiger partial charge in [-0.2, -0.15) is 41.3 Å². The van der Waals surface area contributed by atoms with Gasteiger partial charge in [-0.05, 0) is 25.9 Å². The molecule has 0 saturated carbocycles. The number of hydrogen-bond donors (Lipinski definition) is 2. The number of pyridine rings is 1. The lowest BCUT2D eigenvalue weighted by Gasteiger charge is -2.20. The van der Waals surface area contributed by atoms with Crippen LogP contribution in [0, 0.1) is 0 Å². The maximum Gasteiger partial charge on any atom is 0.408 e. The second kappa shape index (κ2) is 7.71. The van der Waals surface area contributed by atoms with Crippen LogP contribution >= 0.6 is 11.6 Å². The third kappa shape index (κ3) is 5.81. The number of anilines is 2. The van der Waals surface area contributed by atoms with Crippen molar-refractivity contribution in [1.29, 1.82) is 0 Å². The van der Waals surface area contributed by atoms with Gasteiger partial charge in [0.2, 0.25) is 11.9 Å². The zero-order chi connectivity index (χ0) is 24.8. The second-order valence-corrected chi connectivity index (χ2v) is 5.28. The van der Waals surface area contributed by atoms with E-state index < -0.39 is 49.0 Å². The van der Waals surface area contributed by atoms with E-state index in [4.69, 9.17) is 18.5 Å². The molecule has 0 amide bonds. The number of halogens is 7. The molecule has 13 heteroatoms. The molecular formula is C14H13ClF6N6. The molecule has 2 atom stereocenters. The molecule has 2 aromatic rings. The van der Waals surface area contributed by atoms with Gasteiger partial charge in [0.15, 0.2) is 5.82 Å². The summed E-state index contributed by atoms with van der Waals surface area (Å²) in [7, 11) is 0. The van der Waals surface area contributed by atoms with Crippen LogP contribution < -0.4 is 10.6 Å². The fourth-order valence-electron chi connectivity index (χ4n) is 1.56. The zero-order valence-electron chi connectivity index (χ0n) is 18.2. The summed E-state index contributed by atoms with van der Waals surface area (Å²) in [6, 6.07) is -3.88. The van der Waals surface area contributed by atoms with Gasteiger partial charge in [-0.15, -0.1) is 0 Å². The molecule has 0 radical (unpaired) electrons. The first-order valence-corrected chi connectivity index (χ1v) is 7.23. The highest BCUT2D eigenvalue weighted by molar-refractivity contribution is 6.29. The largest absolute Gasteiger partial charge is 0.408 e. The topological polar surface area (TPSA) is 75.6 Å². The van der Waals surface area contributed by atoms with E-state index in [1.54, 1.807) is 5.32 Å². The summed E-state index contributed by atoms with van der Waals surface area (Å²) in [5, 5.41) is 2.76. The van der Waals surface area contributed by atoms with E-state index >= 15 is 0 Å². The van der Waals surface area contributed by atoms with E-state index in [2.05, 4.69) is 19.9 Å². The molecule has 0 unspecified atom stereocenters. The maximum atomic E-state index is 13.4. The lowest BCUT2D eigenvalue weighted by Crippen LogP contribution is -2.35. The van der Waals surface area contributed by atoms with Crippen molar-refractivity contribution in [3.05, 3.63) is 23.4 Å². The van der Waals surface area contributed by atoms with Crippen LogP contribution in [0.25, 0.3) is 11.5 Å². The maximum absolute atomic E-state index is 13.4. The first-order chi connectivity index (χ1) is 14.3. The number of alkyl halides is 6. The summed E-state index contributed by atoms with van der Waals surface area (Å²) >= 11 is 5.72. The Morgan fingerprint density at radius 3 is 2.00 bits per heavy atom. The van der Waals surface area contributed by atoms with Crippen LogP contribution in [-0.4, -0.2) is 44.3 Å². The Balaban J connectivity index is 2.65. The number of nitrogens with zero attached hydrogens (tertiary/aromatic N) is 4. The third-order valence-corrected chi connectivity index (χ3v) is 3.03. The first kappa shape index (κ1) is 14.7. The highest BCUT2D eigenvalue weighted by atomic mass is 35.5. The average molecular weight is 420 g/mol. The summed E-state index contributed by atoms with van der Waals surface area (Å²) in [5.74, 6) is -2.86. The highest BCUT2D eigenvalue weighted by Crippen LogP contribution is 2.26. The Labute approximate surface area is 161 Å².